The first-order valence-corrected chi connectivity index (χ1v) is 5.96. The quantitative estimate of drug-likeness (QED) is 0.598. The molecule has 88 valence electrons. The molecule has 0 radical (unpaired) electrons. The Kier molecular flexibility index (Phi) is 3.61. The molecule has 2 N–H and O–H groups in total. The van der Waals surface area contributed by atoms with E-state index >= 15 is 0 Å². The van der Waals surface area contributed by atoms with Gasteiger partial charge in [0.05, 0.1) is 6.10 Å². The Labute approximate surface area is 92.2 Å². The average molecular weight is 213 g/mol. The van der Waals surface area contributed by atoms with E-state index in [0.29, 0.717) is 12.0 Å². The van der Waals surface area contributed by atoms with Crippen molar-refractivity contribution in [3.63, 3.8) is 0 Å². The summed E-state index contributed by atoms with van der Waals surface area (Å²) in [5.74, 6) is 0.395. The summed E-state index contributed by atoms with van der Waals surface area (Å²) in [6.07, 6.45) is 0.781. The maximum absolute atomic E-state index is 10.0. The Morgan fingerprint density at radius 1 is 1.27 bits per heavy atom. The highest BCUT2D eigenvalue weighted by atomic mass is 16.3. The van der Waals surface area contributed by atoms with E-state index in [-0.39, 0.29) is 6.10 Å². The summed E-state index contributed by atoms with van der Waals surface area (Å²) in [5.41, 5.74) is 0. The Bertz CT molecular complexity index is 212. The predicted molar refractivity (Wildman–Crippen MR) is 60.9 cm³/mol. The Morgan fingerprint density at radius 2 is 2.07 bits per heavy atom. The van der Waals surface area contributed by atoms with Crippen LogP contribution in [0.2, 0.25) is 0 Å². The van der Waals surface area contributed by atoms with Crippen molar-refractivity contribution >= 4 is 0 Å². The molecule has 0 amide bonds. The monoisotopic (exact) mass is 213 g/mol. The Balaban J connectivity index is 1.99. The molecule has 2 rings (SSSR count). The molecule has 2 fully saturated rings. The van der Waals surface area contributed by atoms with Crippen molar-refractivity contribution in [2.45, 2.75) is 18.6 Å². The van der Waals surface area contributed by atoms with Gasteiger partial charge in [0.1, 0.15) is 0 Å². The second-order valence-electron chi connectivity index (χ2n) is 5.03. The third-order valence-corrected chi connectivity index (χ3v) is 3.88. The smallest absolute Gasteiger partial charge is 0.0608 e. The van der Waals surface area contributed by atoms with Crippen molar-refractivity contribution < 1.29 is 5.11 Å². The first kappa shape index (κ1) is 11.3. The number of aliphatic hydroxyl groups excluding tert-OH is 1. The van der Waals surface area contributed by atoms with Crippen molar-refractivity contribution in [3.8, 4) is 0 Å². The van der Waals surface area contributed by atoms with E-state index in [1.807, 2.05) is 0 Å². The van der Waals surface area contributed by atoms with Crippen molar-refractivity contribution in [2.24, 2.45) is 5.92 Å². The number of rotatable bonds is 1. The molecule has 0 aliphatic carbocycles. The summed E-state index contributed by atoms with van der Waals surface area (Å²) in [5, 5.41) is 13.4. The van der Waals surface area contributed by atoms with Gasteiger partial charge in [-0.25, -0.2) is 0 Å². The van der Waals surface area contributed by atoms with Crippen LogP contribution in [-0.2, 0) is 0 Å². The van der Waals surface area contributed by atoms with Gasteiger partial charge in [-0.05, 0) is 27.1 Å². The second kappa shape index (κ2) is 4.78. The number of piperazine rings is 1. The third-order valence-electron chi connectivity index (χ3n) is 3.88. The van der Waals surface area contributed by atoms with E-state index in [0.717, 1.165) is 39.1 Å². The minimum Gasteiger partial charge on any atom is -0.393 e. The highest BCUT2D eigenvalue weighted by molar-refractivity contribution is 4.91. The first-order valence-electron chi connectivity index (χ1n) is 5.96. The molecule has 2 saturated heterocycles. The highest BCUT2D eigenvalue weighted by Gasteiger charge is 2.35. The van der Waals surface area contributed by atoms with Crippen molar-refractivity contribution in [1.29, 1.82) is 0 Å². The molecule has 0 aromatic heterocycles. The number of hydrogen-bond acceptors (Lipinski definition) is 4. The van der Waals surface area contributed by atoms with E-state index in [1.165, 1.54) is 0 Å². The topological polar surface area (TPSA) is 38.7 Å². The molecule has 2 heterocycles. The number of nitrogens with one attached hydrogen (secondary N) is 1. The van der Waals surface area contributed by atoms with Crippen LogP contribution in [0.5, 0.6) is 0 Å². The lowest BCUT2D eigenvalue weighted by atomic mass is 9.87. The van der Waals surface area contributed by atoms with Crippen LogP contribution in [0.3, 0.4) is 0 Å². The van der Waals surface area contributed by atoms with Gasteiger partial charge in [0.2, 0.25) is 0 Å². The molecular weight excluding hydrogens is 190 g/mol. The normalized spacial score (nSPS) is 40.6. The van der Waals surface area contributed by atoms with Gasteiger partial charge in [0.15, 0.2) is 0 Å². The van der Waals surface area contributed by atoms with Crippen LogP contribution < -0.4 is 5.32 Å². The average Bonchev–Trinajstić information content (AvgIpc) is 2.23. The lowest BCUT2D eigenvalue weighted by Crippen LogP contribution is -2.59. The molecule has 0 bridgehead atoms. The van der Waals surface area contributed by atoms with Crippen LogP contribution in [0.25, 0.3) is 0 Å². The van der Waals surface area contributed by atoms with Gasteiger partial charge in [-0.1, -0.05) is 0 Å². The maximum Gasteiger partial charge on any atom is 0.0608 e. The third kappa shape index (κ3) is 2.50. The molecule has 15 heavy (non-hydrogen) atoms. The lowest BCUT2D eigenvalue weighted by Gasteiger charge is -2.44. The van der Waals surface area contributed by atoms with Gasteiger partial charge in [-0.2, -0.15) is 0 Å². The SMILES string of the molecule is CN1CCN(C)C(C2CNCCC2O)C1. The van der Waals surface area contributed by atoms with E-state index in [2.05, 4.69) is 29.2 Å². The minimum atomic E-state index is -0.120. The van der Waals surface area contributed by atoms with E-state index < -0.39 is 0 Å². The standard InChI is InChI=1S/C11H23N3O/c1-13-5-6-14(2)10(8-13)9-7-12-4-3-11(9)15/h9-12,15H,3-8H2,1-2H3. The lowest BCUT2D eigenvalue weighted by molar-refractivity contribution is -0.00489. The zero-order valence-corrected chi connectivity index (χ0v) is 9.82. The zero-order valence-electron chi connectivity index (χ0n) is 9.82. The second-order valence-corrected chi connectivity index (χ2v) is 5.03. The van der Waals surface area contributed by atoms with Crippen LogP contribution >= 0.6 is 0 Å². The van der Waals surface area contributed by atoms with E-state index in [9.17, 15) is 5.11 Å². The van der Waals surface area contributed by atoms with Gasteiger partial charge in [0, 0.05) is 38.1 Å². The molecule has 4 heteroatoms. The highest BCUT2D eigenvalue weighted by Crippen LogP contribution is 2.21. The van der Waals surface area contributed by atoms with Gasteiger partial charge in [0.25, 0.3) is 0 Å². The van der Waals surface area contributed by atoms with Crippen molar-refractivity contribution in [2.75, 3.05) is 46.8 Å². The summed E-state index contributed by atoms with van der Waals surface area (Å²) >= 11 is 0. The number of nitrogens with zero attached hydrogens (tertiary/aromatic N) is 2. The van der Waals surface area contributed by atoms with Crippen LogP contribution in [-0.4, -0.2) is 73.9 Å². The molecule has 0 aromatic carbocycles. The van der Waals surface area contributed by atoms with E-state index in [1.54, 1.807) is 0 Å². The van der Waals surface area contributed by atoms with Gasteiger partial charge >= 0.3 is 0 Å². The summed E-state index contributed by atoms with van der Waals surface area (Å²) in [7, 11) is 4.35. The van der Waals surface area contributed by atoms with Gasteiger partial charge in [-0.15, -0.1) is 0 Å². The summed E-state index contributed by atoms with van der Waals surface area (Å²) in [6.45, 7) is 5.27. The number of hydrogen-bond donors (Lipinski definition) is 2. The summed E-state index contributed by atoms with van der Waals surface area (Å²) in [4.78, 5) is 4.77. The summed E-state index contributed by atoms with van der Waals surface area (Å²) in [6, 6.07) is 0.506. The Hall–Kier alpha value is -0.160. The van der Waals surface area contributed by atoms with Crippen LogP contribution in [0, 0.1) is 5.92 Å². The number of piperidine rings is 1. The van der Waals surface area contributed by atoms with Crippen LogP contribution in [0.15, 0.2) is 0 Å². The van der Waals surface area contributed by atoms with Gasteiger partial charge < -0.3 is 20.2 Å². The largest absolute Gasteiger partial charge is 0.393 e. The fourth-order valence-electron chi connectivity index (χ4n) is 2.77. The minimum absolute atomic E-state index is 0.120. The van der Waals surface area contributed by atoms with Crippen molar-refractivity contribution in [3.05, 3.63) is 0 Å². The molecule has 4 nitrogen and oxygen atoms in total. The van der Waals surface area contributed by atoms with Crippen LogP contribution in [0.4, 0.5) is 0 Å². The predicted octanol–water partition coefficient (Wildman–Crippen LogP) is -0.797. The molecule has 3 atom stereocenters. The molecular formula is C11H23N3O. The zero-order chi connectivity index (χ0) is 10.8. The number of likely N-dealkylation sites (N-methyl/N-ethyl adjacent to an activating group) is 2. The summed E-state index contributed by atoms with van der Waals surface area (Å²) < 4.78 is 0. The number of aliphatic hydroxyl groups is 1. The maximum atomic E-state index is 10.0. The fourth-order valence-corrected chi connectivity index (χ4v) is 2.77. The molecule has 2 aliphatic heterocycles. The fraction of sp³-hybridized carbons (Fsp3) is 1.00. The molecule has 0 saturated carbocycles. The van der Waals surface area contributed by atoms with E-state index in [4.69, 9.17) is 0 Å². The molecule has 0 aromatic rings. The molecule has 3 unspecified atom stereocenters. The first-order chi connectivity index (χ1) is 7.18. The van der Waals surface area contributed by atoms with Crippen molar-refractivity contribution in [1.82, 2.24) is 15.1 Å². The van der Waals surface area contributed by atoms with Gasteiger partial charge in [-0.3, -0.25) is 0 Å². The van der Waals surface area contributed by atoms with Crippen LogP contribution in [0.1, 0.15) is 6.42 Å². The molecule has 0 spiro atoms. The molecule has 2 aliphatic rings. The Morgan fingerprint density at radius 3 is 2.80 bits per heavy atom.